The number of nitro groups is 1. The molecule has 0 radical (unpaired) electrons. The van der Waals surface area contributed by atoms with Crippen molar-refractivity contribution in [3.05, 3.63) is 40.1 Å². The standard InChI is InChI=1S/C27H31F3N6O8/c1-24(2,3)42-21(37)34(22(38)43-25(4,5)6)20-16-17(27(28,29)30)31-18(14-10-12-15(13-11-14)36(40)41)32-19(16)35(33-20)23(39)44-26(7,8)9/h10-13H,1-9H3. The molecular formula is C27H31F3N6O8. The van der Waals surface area contributed by atoms with Crippen molar-refractivity contribution >= 4 is 40.8 Å². The maximum Gasteiger partial charge on any atom is 0.437 e. The summed E-state index contributed by atoms with van der Waals surface area (Å²) in [5.41, 5.74) is -6.53. The van der Waals surface area contributed by atoms with Gasteiger partial charge in [0.2, 0.25) is 0 Å². The number of rotatable bonds is 3. The number of halogens is 3. The quantitative estimate of drug-likeness (QED) is 0.169. The largest absolute Gasteiger partial charge is 0.443 e. The molecule has 17 heteroatoms. The number of aromatic nitrogens is 4. The molecule has 2 heterocycles. The van der Waals surface area contributed by atoms with Crippen LogP contribution in [0.5, 0.6) is 0 Å². The van der Waals surface area contributed by atoms with Crippen LogP contribution < -0.4 is 4.90 Å². The van der Waals surface area contributed by atoms with Gasteiger partial charge in [0.15, 0.2) is 23.0 Å². The molecule has 2 aromatic heterocycles. The topological polar surface area (TPSA) is 169 Å². The fraction of sp³-hybridized carbons (Fsp3) is 0.481. The van der Waals surface area contributed by atoms with Crippen LogP contribution in [0.1, 0.15) is 68.0 Å². The molecule has 0 aliphatic heterocycles. The molecule has 0 bridgehead atoms. The molecular weight excluding hydrogens is 593 g/mol. The van der Waals surface area contributed by atoms with E-state index < -0.39 is 74.6 Å². The van der Waals surface area contributed by atoms with Gasteiger partial charge >= 0.3 is 24.5 Å². The summed E-state index contributed by atoms with van der Waals surface area (Å²) in [5, 5.41) is 13.9. The van der Waals surface area contributed by atoms with Gasteiger partial charge in [0.1, 0.15) is 16.8 Å². The highest BCUT2D eigenvalue weighted by Crippen LogP contribution is 2.40. The van der Waals surface area contributed by atoms with Gasteiger partial charge < -0.3 is 14.2 Å². The maximum absolute atomic E-state index is 14.7. The Morgan fingerprint density at radius 3 is 1.70 bits per heavy atom. The molecule has 0 aliphatic rings. The normalized spacial score (nSPS) is 12.5. The summed E-state index contributed by atoms with van der Waals surface area (Å²) in [6.07, 6.45) is -9.49. The zero-order valence-electron chi connectivity index (χ0n) is 25.4. The molecule has 0 N–H and O–H groups in total. The average molecular weight is 625 g/mol. The Hall–Kier alpha value is -4.83. The van der Waals surface area contributed by atoms with Crippen molar-refractivity contribution in [2.24, 2.45) is 0 Å². The minimum atomic E-state index is -5.26. The Morgan fingerprint density at radius 1 is 0.818 bits per heavy atom. The summed E-state index contributed by atoms with van der Waals surface area (Å²) in [7, 11) is 0. The number of anilines is 1. The second-order valence-electron chi connectivity index (χ2n) is 12.4. The number of carbonyl (C=O) groups excluding carboxylic acids is 3. The smallest absolute Gasteiger partial charge is 0.437 e. The third kappa shape index (κ3) is 7.96. The number of alkyl halides is 3. The summed E-state index contributed by atoms with van der Waals surface area (Å²) >= 11 is 0. The predicted molar refractivity (Wildman–Crippen MR) is 149 cm³/mol. The van der Waals surface area contributed by atoms with Gasteiger partial charge in [-0.1, -0.05) is 0 Å². The Bertz CT molecular complexity index is 1590. The highest BCUT2D eigenvalue weighted by Gasteiger charge is 2.44. The van der Waals surface area contributed by atoms with Crippen LogP contribution in [0.15, 0.2) is 24.3 Å². The summed E-state index contributed by atoms with van der Waals surface area (Å²) in [6.45, 7) is 13.2. The zero-order chi connectivity index (χ0) is 33.6. The highest BCUT2D eigenvalue weighted by atomic mass is 19.4. The van der Waals surface area contributed by atoms with E-state index in [1.165, 1.54) is 62.3 Å². The molecule has 14 nitrogen and oxygen atoms in total. The van der Waals surface area contributed by atoms with Gasteiger partial charge in [0.05, 0.1) is 10.3 Å². The van der Waals surface area contributed by atoms with Crippen molar-refractivity contribution in [1.82, 2.24) is 19.7 Å². The summed E-state index contributed by atoms with van der Waals surface area (Å²) in [5.74, 6) is -1.62. The van der Waals surface area contributed by atoms with Crippen LogP contribution in [-0.2, 0) is 20.4 Å². The van der Waals surface area contributed by atoms with E-state index in [0.717, 1.165) is 24.3 Å². The first-order chi connectivity index (χ1) is 19.9. The minimum Gasteiger partial charge on any atom is -0.443 e. The molecule has 0 unspecified atom stereocenters. The van der Waals surface area contributed by atoms with Crippen molar-refractivity contribution in [3.8, 4) is 11.4 Å². The second kappa shape index (κ2) is 11.3. The highest BCUT2D eigenvalue weighted by molar-refractivity contribution is 6.14. The monoisotopic (exact) mass is 624 g/mol. The first kappa shape index (κ1) is 33.7. The zero-order valence-corrected chi connectivity index (χ0v) is 25.4. The third-order valence-corrected chi connectivity index (χ3v) is 5.04. The lowest BCUT2D eigenvalue weighted by Gasteiger charge is -2.27. The molecule has 0 saturated carbocycles. The lowest BCUT2D eigenvalue weighted by atomic mass is 10.1. The maximum atomic E-state index is 14.7. The first-order valence-electron chi connectivity index (χ1n) is 13.0. The summed E-state index contributed by atoms with van der Waals surface area (Å²) in [4.78, 5) is 58.1. The second-order valence-corrected chi connectivity index (χ2v) is 12.4. The number of non-ortho nitro benzene ring substituents is 1. The van der Waals surface area contributed by atoms with Crippen molar-refractivity contribution < 1.29 is 46.7 Å². The molecule has 0 atom stereocenters. The number of imide groups is 1. The number of hydrogen-bond acceptors (Lipinski definition) is 11. The van der Waals surface area contributed by atoms with E-state index in [9.17, 15) is 37.7 Å². The molecule has 1 aromatic carbocycles. The number of amides is 2. The number of nitro benzene ring substituents is 1. The first-order valence-corrected chi connectivity index (χ1v) is 13.0. The molecule has 3 aromatic rings. The average Bonchev–Trinajstić information content (AvgIpc) is 3.19. The SMILES string of the molecule is CC(C)(C)OC(=O)N(C(=O)OC(C)(C)C)c1nn(C(=O)OC(C)(C)C)c2nc(-c3ccc([N+](=O)[O-])cc3)nc(C(F)(F)F)c12. The molecule has 0 saturated heterocycles. The number of ether oxygens (including phenoxy) is 3. The van der Waals surface area contributed by atoms with Gasteiger partial charge in [0, 0.05) is 17.7 Å². The van der Waals surface area contributed by atoms with Gasteiger partial charge in [0.25, 0.3) is 5.69 Å². The van der Waals surface area contributed by atoms with E-state index in [4.69, 9.17) is 14.2 Å². The van der Waals surface area contributed by atoms with E-state index in [1.807, 2.05) is 0 Å². The van der Waals surface area contributed by atoms with Crippen molar-refractivity contribution in [2.45, 2.75) is 85.3 Å². The number of benzene rings is 1. The Morgan fingerprint density at radius 2 is 1.30 bits per heavy atom. The van der Waals surface area contributed by atoms with Crippen LogP contribution in [0, 0.1) is 10.1 Å². The number of hydrogen-bond donors (Lipinski definition) is 0. The van der Waals surface area contributed by atoms with Crippen LogP contribution in [0.2, 0.25) is 0 Å². The van der Waals surface area contributed by atoms with Crippen molar-refractivity contribution in [3.63, 3.8) is 0 Å². The molecule has 2 amide bonds. The number of fused-ring (bicyclic) bond motifs is 1. The van der Waals surface area contributed by atoms with Gasteiger partial charge in [-0.2, -0.15) is 18.1 Å². The molecule has 238 valence electrons. The Balaban J connectivity index is 2.47. The lowest BCUT2D eigenvalue weighted by Crippen LogP contribution is -2.44. The fourth-order valence-corrected chi connectivity index (χ4v) is 3.52. The molecule has 0 fully saturated rings. The third-order valence-electron chi connectivity index (χ3n) is 5.04. The molecule has 0 spiro atoms. The number of carbonyl (C=O) groups is 3. The minimum absolute atomic E-state index is 0.0855. The Labute approximate surface area is 249 Å². The van der Waals surface area contributed by atoms with Crippen LogP contribution >= 0.6 is 0 Å². The van der Waals surface area contributed by atoms with Gasteiger partial charge in [-0.05, 0) is 74.4 Å². The van der Waals surface area contributed by atoms with Gasteiger partial charge in [-0.15, -0.1) is 9.78 Å². The molecule has 44 heavy (non-hydrogen) atoms. The van der Waals surface area contributed by atoms with E-state index >= 15 is 0 Å². The van der Waals surface area contributed by atoms with Crippen molar-refractivity contribution in [2.75, 3.05) is 4.90 Å². The fourth-order valence-electron chi connectivity index (χ4n) is 3.52. The molecule has 3 rings (SSSR count). The van der Waals surface area contributed by atoms with Crippen molar-refractivity contribution in [1.29, 1.82) is 0 Å². The summed E-state index contributed by atoms with van der Waals surface area (Å²) in [6, 6.07) is 4.28. The van der Waals surface area contributed by atoms with Crippen LogP contribution in [0.25, 0.3) is 22.4 Å². The van der Waals surface area contributed by atoms with E-state index in [2.05, 4.69) is 15.1 Å². The van der Waals surface area contributed by atoms with Gasteiger partial charge in [-0.3, -0.25) is 10.1 Å². The van der Waals surface area contributed by atoms with Crippen LogP contribution in [-0.4, -0.2) is 59.8 Å². The van der Waals surface area contributed by atoms with Crippen LogP contribution in [0.3, 0.4) is 0 Å². The van der Waals surface area contributed by atoms with Crippen LogP contribution in [0.4, 0.5) is 39.1 Å². The number of nitrogens with zero attached hydrogens (tertiary/aromatic N) is 6. The lowest BCUT2D eigenvalue weighted by molar-refractivity contribution is -0.384. The van der Waals surface area contributed by atoms with E-state index in [1.54, 1.807) is 0 Å². The van der Waals surface area contributed by atoms with E-state index in [0.29, 0.717) is 4.68 Å². The summed E-state index contributed by atoms with van der Waals surface area (Å²) < 4.78 is 60.2. The van der Waals surface area contributed by atoms with E-state index in [-0.39, 0.29) is 16.2 Å². The predicted octanol–water partition coefficient (Wildman–Crippen LogP) is 6.88. The Kier molecular flexibility index (Phi) is 8.68. The molecule has 0 aliphatic carbocycles. The van der Waals surface area contributed by atoms with Gasteiger partial charge in [-0.25, -0.2) is 24.4 Å².